The number of unbranched alkanes of at least 4 members (excludes halogenated alkanes) is 1. The molecule has 0 aliphatic carbocycles. The third-order valence-corrected chi connectivity index (χ3v) is 2.01. The number of carbonyl (C=O) groups is 1. The van der Waals surface area contributed by atoms with Crippen molar-refractivity contribution in [1.82, 2.24) is 5.48 Å². The summed E-state index contributed by atoms with van der Waals surface area (Å²) in [6.07, 6.45) is 4.49. The summed E-state index contributed by atoms with van der Waals surface area (Å²) < 4.78 is 0. The first-order chi connectivity index (χ1) is 6.70. The second-order valence-electron chi connectivity index (χ2n) is 3.37. The highest BCUT2D eigenvalue weighted by molar-refractivity contribution is 5.68. The summed E-state index contributed by atoms with van der Waals surface area (Å²) in [5.41, 5.74) is 2.34. The number of carbonyl (C=O) groups excluding carboxylic acids is 1. The van der Waals surface area contributed by atoms with Crippen molar-refractivity contribution in [2.24, 2.45) is 0 Å². The number of hydrogen-bond donors (Lipinski definition) is 2. The molecule has 4 nitrogen and oxygen atoms in total. The quantitative estimate of drug-likeness (QED) is 0.462. The number of nitrogens with one attached hydrogen (secondary N) is 1. The van der Waals surface area contributed by atoms with Crippen LogP contribution >= 0.6 is 0 Å². The zero-order chi connectivity index (χ0) is 10.8. The Bertz CT molecular complexity index is 150. The Morgan fingerprint density at radius 3 is 2.71 bits per heavy atom. The van der Waals surface area contributed by atoms with Gasteiger partial charge in [0.15, 0.2) is 0 Å². The van der Waals surface area contributed by atoms with Gasteiger partial charge in [-0.15, -0.1) is 0 Å². The van der Waals surface area contributed by atoms with Crippen molar-refractivity contribution < 1.29 is 14.7 Å². The van der Waals surface area contributed by atoms with E-state index in [0.717, 1.165) is 32.1 Å². The average molecular weight is 203 g/mol. The fourth-order valence-electron chi connectivity index (χ4n) is 1.29. The predicted octanol–water partition coefficient (Wildman–Crippen LogP) is 1.39. The molecular weight excluding hydrogens is 182 g/mol. The monoisotopic (exact) mass is 203 g/mol. The molecule has 2 N–H and O–H groups in total. The maximum atomic E-state index is 10.9. The van der Waals surface area contributed by atoms with E-state index in [0.29, 0.717) is 6.42 Å². The van der Waals surface area contributed by atoms with Gasteiger partial charge in [-0.3, -0.25) is 4.79 Å². The van der Waals surface area contributed by atoms with Crippen molar-refractivity contribution in [3.05, 3.63) is 0 Å². The van der Waals surface area contributed by atoms with E-state index in [1.165, 1.54) is 0 Å². The van der Waals surface area contributed by atoms with Gasteiger partial charge < -0.3 is 9.94 Å². The normalized spacial score (nSPS) is 12.5. The standard InChI is InChI=1S/C10H21NO3/c1-3-6-9(12)7-4-5-8-10(13)14-11-2/h9,11-12H,3-8H2,1-2H3. The first-order valence-corrected chi connectivity index (χ1v) is 5.25. The molecule has 84 valence electrons. The molecule has 0 aliphatic heterocycles. The highest BCUT2D eigenvalue weighted by atomic mass is 16.7. The van der Waals surface area contributed by atoms with Crippen LogP contribution in [0.3, 0.4) is 0 Å². The Kier molecular flexibility index (Phi) is 8.57. The largest absolute Gasteiger partial charge is 0.393 e. The molecule has 0 saturated heterocycles. The predicted molar refractivity (Wildman–Crippen MR) is 54.5 cm³/mol. The van der Waals surface area contributed by atoms with E-state index in [1.807, 2.05) is 6.92 Å². The Labute approximate surface area is 85.6 Å². The Balaban J connectivity index is 3.24. The second-order valence-corrected chi connectivity index (χ2v) is 3.37. The van der Waals surface area contributed by atoms with Crippen molar-refractivity contribution in [2.75, 3.05) is 7.05 Å². The Morgan fingerprint density at radius 2 is 2.14 bits per heavy atom. The van der Waals surface area contributed by atoms with Gasteiger partial charge in [0.25, 0.3) is 0 Å². The number of aliphatic hydroxyl groups is 1. The highest BCUT2D eigenvalue weighted by Crippen LogP contribution is 2.08. The molecular formula is C10H21NO3. The minimum Gasteiger partial charge on any atom is -0.393 e. The average Bonchev–Trinajstić information content (AvgIpc) is 2.13. The van der Waals surface area contributed by atoms with Crippen LogP contribution in [0, 0.1) is 0 Å². The van der Waals surface area contributed by atoms with Gasteiger partial charge in [0.1, 0.15) is 0 Å². The first-order valence-electron chi connectivity index (χ1n) is 5.25. The molecule has 0 amide bonds. The molecule has 0 saturated carbocycles. The van der Waals surface area contributed by atoms with Gasteiger partial charge in [0.05, 0.1) is 6.10 Å². The molecule has 0 aromatic heterocycles. The molecule has 0 spiro atoms. The lowest BCUT2D eigenvalue weighted by atomic mass is 10.1. The number of rotatable bonds is 8. The molecule has 0 aliphatic rings. The van der Waals surface area contributed by atoms with Crippen LogP contribution < -0.4 is 5.48 Å². The smallest absolute Gasteiger partial charge is 0.324 e. The van der Waals surface area contributed by atoms with Gasteiger partial charge in [-0.1, -0.05) is 19.8 Å². The number of hydroxylamine groups is 1. The lowest BCUT2D eigenvalue weighted by Crippen LogP contribution is -2.14. The van der Waals surface area contributed by atoms with Crippen molar-refractivity contribution in [1.29, 1.82) is 0 Å². The number of hydrogen-bond acceptors (Lipinski definition) is 4. The Hall–Kier alpha value is -0.610. The van der Waals surface area contributed by atoms with Crippen LogP contribution in [0.2, 0.25) is 0 Å². The van der Waals surface area contributed by atoms with Crippen molar-refractivity contribution in [3.63, 3.8) is 0 Å². The van der Waals surface area contributed by atoms with E-state index in [2.05, 4.69) is 10.3 Å². The van der Waals surface area contributed by atoms with Crippen molar-refractivity contribution >= 4 is 5.97 Å². The maximum absolute atomic E-state index is 10.9. The van der Waals surface area contributed by atoms with Gasteiger partial charge in [-0.25, -0.2) is 0 Å². The third-order valence-electron chi connectivity index (χ3n) is 2.01. The molecule has 4 heteroatoms. The van der Waals surface area contributed by atoms with E-state index in [9.17, 15) is 9.90 Å². The summed E-state index contributed by atoms with van der Waals surface area (Å²) in [6, 6.07) is 0. The van der Waals surface area contributed by atoms with E-state index in [-0.39, 0.29) is 12.1 Å². The summed E-state index contributed by atoms with van der Waals surface area (Å²) in [5.74, 6) is -0.238. The summed E-state index contributed by atoms with van der Waals surface area (Å²) >= 11 is 0. The molecule has 0 aromatic carbocycles. The lowest BCUT2D eigenvalue weighted by molar-refractivity contribution is -0.150. The van der Waals surface area contributed by atoms with Gasteiger partial charge in [0.2, 0.25) is 0 Å². The van der Waals surface area contributed by atoms with Crippen LogP contribution in [0.25, 0.3) is 0 Å². The van der Waals surface area contributed by atoms with Gasteiger partial charge in [-0.05, 0) is 19.3 Å². The summed E-state index contributed by atoms with van der Waals surface area (Å²) in [7, 11) is 1.56. The SMILES string of the molecule is CCCC(O)CCCCC(=O)ONC. The van der Waals surface area contributed by atoms with E-state index in [4.69, 9.17) is 0 Å². The molecule has 14 heavy (non-hydrogen) atoms. The fraction of sp³-hybridized carbons (Fsp3) is 0.900. The second kappa shape index (κ2) is 8.97. The van der Waals surface area contributed by atoms with Crippen LogP contribution in [0.4, 0.5) is 0 Å². The maximum Gasteiger partial charge on any atom is 0.324 e. The molecule has 0 aromatic rings. The van der Waals surface area contributed by atoms with Crippen molar-refractivity contribution in [3.8, 4) is 0 Å². The van der Waals surface area contributed by atoms with Crippen LogP contribution in [-0.4, -0.2) is 24.2 Å². The van der Waals surface area contributed by atoms with Crippen LogP contribution in [0.1, 0.15) is 45.4 Å². The van der Waals surface area contributed by atoms with Crippen molar-refractivity contribution in [2.45, 2.75) is 51.6 Å². The molecule has 1 atom stereocenters. The van der Waals surface area contributed by atoms with Gasteiger partial charge in [0, 0.05) is 13.5 Å². The fourth-order valence-corrected chi connectivity index (χ4v) is 1.29. The summed E-state index contributed by atoms with van der Waals surface area (Å²) in [4.78, 5) is 15.4. The van der Waals surface area contributed by atoms with E-state index < -0.39 is 0 Å². The van der Waals surface area contributed by atoms with E-state index >= 15 is 0 Å². The molecule has 0 rings (SSSR count). The van der Waals surface area contributed by atoms with Gasteiger partial charge >= 0.3 is 5.97 Å². The molecule has 0 radical (unpaired) electrons. The molecule has 0 bridgehead atoms. The summed E-state index contributed by atoms with van der Waals surface area (Å²) in [6.45, 7) is 2.05. The van der Waals surface area contributed by atoms with Crippen LogP contribution in [0.15, 0.2) is 0 Å². The van der Waals surface area contributed by atoms with Crippen LogP contribution in [0.5, 0.6) is 0 Å². The highest BCUT2D eigenvalue weighted by Gasteiger charge is 2.04. The van der Waals surface area contributed by atoms with E-state index in [1.54, 1.807) is 7.05 Å². The van der Waals surface area contributed by atoms with Crippen LogP contribution in [-0.2, 0) is 9.63 Å². The lowest BCUT2D eigenvalue weighted by Gasteiger charge is -2.07. The molecule has 0 fully saturated rings. The zero-order valence-corrected chi connectivity index (χ0v) is 9.08. The third kappa shape index (κ3) is 8.01. The first kappa shape index (κ1) is 13.4. The molecule has 1 unspecified atom stereocenters. The Morgan fingerprint density at radius 1 is 1.43 bits per heavy atom. The minimum absolute atomic E-state index is 0.208. The zero-order valence-electron chi connectivity index (χ0n) is 9.08. The number of aliphatic hydroxyl groups excluding tert-OH is 1. The summed E-state index contributed by atoms with van der Waals surface area (Å²) in [5, 5.41) is 9.39. The molecule has 0 heterocycles. The van der Waals surface area contributed by atoms with Gasteiger partial charge in [-0.2, -0.15) is 5.48 Å². The topological polar surface area (TPSA) is 58.6 Å². The minimum atomic E-state index is -0.238.